The fraction of sp³-hybridized carbons (Fsp3) is 0.286. The number of anilines is 3. The van der Waals surface area contributed by atoms with E-state index in [0.29, 0.717) is 18.9 Å². The number of fused-ring (bicyclic) bond motifs is 1. The predicted molar refractivity (Wildman–Crippen MR) is 129 cm³/mol. The molecule has 4 rings (SSSR count). The van der Waals surface area contributed by atoms with Crippen LogP contribution < -0.4 is 15.6 Å². The largest absolute Gasteiger partial charge is 0.490 e. The summed E-state index contributed by atoms with van der Waals surface area (Å²) < 4.78 is 105. The Morgan fingerprint density at radius 2 is 1.69 bits per heavy atom. The molecule has 1 aliphatic rings. The molecule has 1 aliphatic heterocycles. The van der Waals surface area contributed by atoms with Gasteiger partial charge in [-0.05, 0) is 25.0 Å². The molecule has 0 atom stereocenters. The van der Waals surface area contributed by atoms with Crippen molar-refractivity contribution in [2.75, 3.05) is 23.1 Å². The van der Waals surface area contributed by atoms with Crippen LogP contribution in [0.5, 0.6) is 0 Å². The molecule has 0 amide bonds. The number of carboxylic acid groups (broad SMARTS) is 1. The first-order chi connectivity index (χ1) is 18.0. The van der Waals surface area contributed by atoms with Gasteiger partial charge in [0.2, 0.25) is 0 Å². The van der Waals surface area contributed by atoms with E-state index in [1.54, 1.807) is 0 Å². The summed E-state index contributed by atoms with van der Waals surface area (Å²) in [5, 5.41) is 9.28. The third-order valence-electron chi connectivity index (χ3n) is 5.33. The Hall–Kier alpha value is -3.57. The highest BCUT2D eigenvalue weighted by Gasteiger charge is 2.38. The average Bonchev–Trinajstić information content (AvgIpc) is 3.40. The molecule has 3 aromatic rings. The number of alkyl halides is 3. The number of carboxylic acids is 1. The van der Waals surface area contributed by atoms with Gasteiger partial charge in [-0.1, -0.05) is 11.6 Å². The minimum Gasteiger partial charge on any atom is -0.475 e. The number of aryl methyl sites for hydroxylation is 1. The molecule has 212 valence electrons. The van der Waals surface area contributed by atoms with Crippen LogP contribution in [0, 0.1) is 17.5 Å². The first kappa shape index (κ1) is 30.0. The van der Waals surface area contributed by atoms with Gasteiger partial charge in [0.05, 0.1) is 33.6 Å². The van der Waals surface area contributed by atoms with Gasteiger partial charge in [0.15, 0.2) is 17.5 Å². The molecule has 0 unspecified atom stereocenters. The summed E-state index contributed by atoms with van der Waals surface area (Å²) >= 11 is 6.27. The van der Waals surface area contributed by atoms with Crippen LogP contribution in [-0.2, 0) is 22.1 Å². The van der Waals surface area contributed by atoms with Gasteiger partial charge in [0, 0.05) is 26.2 Å². The minimum atomic E-state index is -5.08. The number of hydrogen-bond acceptors (Lipinski definition) is 6. The fourth-order valence-corrected chi connectivity index (χ4v) is 4.99. The lowest BCUT2D eigenvalue weighted by molar-refractivity contribution is -0.192. The third kappa shape index (κ3) is 6.54. The molecule has 1 saturated heterocycles. The molecule has 2 heterocycles. The number of halogens is 7. The topological polar surface area (TPSA) is 134 Å². The highest BCUT2D eigenvalue weighted by Crippen LogP contribution is 2.35. The Bertz CT molecular complexity index is 1590. The Kier molecular flexibility index (Phi) is 8.66. The molecule has 10 nitrogen and oxygen atoms in total. The second-order valence-electron chi connectivity index (χ2n) is 8.03. The monoisotopic (exact) mass is 601 g/mol. The van der Waals surface area contributed by atoms with Crippen LogP contribution in [0.25, 0.3) is 10.9 Å². The van der Waals surface area contributed by atoms with E-state index in [1.165, 1.54) is 30.1 Å². The van der Waals surface area contributed by atoms with Gasteiger partial charge in [-0.15, -0.1) is 0 Å². The lowest BCUT2D eigenvalue weighted by Gasteiger charge is -2.19. The molecule has 2 aromatic carbocycles. The zero-order valence-corrected chi connectivity index (χ0v) is 21.2. The van der Waals surface area contributed by atoms with E-state index in [9.17, 15) is 35.2 Å². The Balaban J connectivity index is 0.000000532. The van der Waals surface area contributed by atoms with E-state index in [2.05, 4.69) is 10.3 Å². The number of benzene rings is 2. The van der Waals surface area contributed by atoms with Crippen molar-refractivity contribution in [3.8, 4) is 0 Å². The summed E-state index contributed by atoms with van der Waals surface area (Å²) in [4.78, 5) is 25.3. The number of rotatable bonds is 5. The van der Waals surface area contributed by atoms with Gasteiger partial charge in [-0.2, -0.15) is 25.9 Å². The van der Waals surface area contributed by atoms with Crippen LogP contribution in [0.3, 0.4) is 0 Å². The second kappa shape index (κ2) is 11.3. The summed E-state index contributed by atoms with van der Waals surface area (Å²) in [5.41, 5.74) is -2.08. The normalized spacial score (nSPS) is 14.2. The van der Waals surface area contributed by atoms with Crippen molar-refractivity contribution in [2.24, 2.45) is 7.05 Å². The molecule has 1 fully saturated rings. The fourth-order valence-electron chi connectivity index (χ4n) is 3.41. The number of carbonyl (C=O) groups is 1. The molecule has 0 saturated carbocycles. The number of nitrogens with one attached hydrogen (secondary N) is 2. The van der Waals surface area contributed by atoms with Gasteiger partial charge >= 0.3 is 22.4 Å². The Labute approximate surface area is 221 Å². The van der Waals surface area contributed by atoms with Crippen molar-refractivity contribution in [3.05, 3.63) is 57.4 Å². The summed E-state index contributed by atoms with van der Waals surface area (Å²) in [7, 11) is -2.70. The first-order valence-electron chi connectivity index (χ1n) is 10.7. The van der Waals surface area contributed by atoms with E-state index in [0.717, 1.165) is 4.31 Å². The van der Waals surface area contributed by atoms with Crippen molar-refractivity contribution in [1.29, 1.82) is 0 Å². The van der Waals surface area contributed by atoms with E-state index >= 15 is 4.39 Å². The maximum Gasteiger partial charge on any atom is 0.490 e. The predicted octanol–water partition coefficient (Wildman–Crippen LogP) is 4.13. The molecule has 18 heteroatoms. The van der Waals surface area contributed by atoms with Crippen molar-refractivity contribution < 1.29 is 44.7 Å². The summed E-state index contributed by atoms with van der Waals surface area (Å²) in [6, 6.07) is 3.14. The zero-order chi connectivity index (χ0) is 29.3. The minimum absolute atomic E-state index is 0.00570. The first-order valence-corrected chi connectivity index (χ1v) is 12.5. The van der Waals surface area contributed by atoms with Crippen LogP contribution in [0.4, 0.5) is 43.4 Å². The maximum absolute atomic E-state index is 15.1. The highest BCUT2D eigenvalue weighted by atomic mass is 35.5. The SMILES string of the molecule is Cn1cnc2ccc(Nc3c(F)c(F)cc(NS(=O)(=O)N4CCCC4)c3F)c(Cl)c2c1=O.O=C(O)C(F)(F)F. The van der Waals surface area contributed by atoms with Crippen molar-refractivity contribution in [3.63, 3.8) is 0 Å². The van der Waals surface area contributed by atoms with Crippen LogP contribution >= 0.6 is 11.6 Å². The molecule has 0 radical (unpaired) electrons. The van der Waals surface area contributed by atoms with Gasteiger partial charge in [0.25, 0.3) is 5.56 Å². The quantitative estimate of drug-likeness (QED) is 0.296. The van der Waals surface area contributed by atoms with E-state index in [4.69, 9.17) is 21.5 Å². The summed E-state index contributed by atoms with van der Waals surface area (Å²) in [5.74, 6) is -7.20. The van der Waals surface area contributed by atoms with Gasteiger partial charge in [-0.3, -0.25) is 9.52 Å². The number of aromatic nitrogens is 2. The van der Waals surface area contributed by atoms with Crippen LogP contribution in [0.2, 0.25) is 5.02 Å². The molecule has 0 bridgehead atoms. The van der Waals surface area contributed by atoms with Gasteiger partial charge in [0.1, 0.15) is 5.69 Å². The van der Waals surface area contributed by atoms with Crippen LogP contribution in [0.15, 0.2) is 29.3 Å². The highest BCUT2D eigenvalue weighted by molar-refractivity contribution is 7.90. The zero-order valence-electron chi connectivity index (χ0n) is 19.6. The number of nitrogens with zero attached hydrogens (tertiary/aromatic N) is 3. The molecule has 39 heavy (non-hydrogen) atoms. The van der Waals surface area contributed by atoms with Crippen molar-refractivity contribution >= 4 is 55.7 Å². The molecular weight excluding hydrogens is 584 g/mol. The molecular formula is C21H18ClF6N5O5S. The Morgan fingerprint density at radius 1 is 1.10 bits per heavy atom. The third-order valence-corrected chi connectivity index (χ3v) is 7.24. The standard InChI is InChI=1S/C19H17ClF3N5O3S.C2HF3O2/c1-27-9-24-11-4-5-12(15(20)14(11)19(27)29)25-18-16(22)10(21)8-13(17(18)23)26-32(30,31)28-6-2-3-7-28;3-2(4,5)1(6)7/h4-5,8-9,25-26H,2-3,6-7H2,1H3;(H,6,7). The van der Waals surface area contributed by atoms with E-state index < -0.39 is 56.7 Å². The Morgan fingerprint density at radius 3 is 2.26 bits per heavy atom. The molecule has 0 spiro atoms. The second-order valence-corrected chi connectivity index (χ2v) is 10.1. The average molecular weight is 602 g/mol. The van der Waals surface area contributed by atoms with Crippen molar-refractivity contribution in [2.45, 2.75) is 19.0 Å². The lowest BCUT2D eigenvalue weighted by atomic mass is 10.2. The van der Waals surface area contributed by atoms with Gasteiger partial charge < -0.3 is 15.0 Å². The van der Waals surface area contributed by atoms with E-state index in [1.807, 2.05) is 4.72 Å². The van der Waals surface area contributed by atoms with Crippen LogP contribution in [-0.4, -0.2) is 52.6 Å². The smallest absolute Gasteiger partial charge is 0.475 e. The summed E-state index contributed by atoms with van der Waals surface area (Å²) in [6.45, 7) is 0.475. The maximum atomic E-state index is 15.1. The molecule has 0 aliphatic carbocycles. The van der Waals surface area contributed by atoms with Gasteiger partial charge in [-0.25, -0.2) is 22.9 Å². The van der Waals surface area contributed by atoms with Crippen molar-refractivity contribution in [1.82, 2.24) is 13.9 Å². The van der Waals surface area contributed by atoms with Crippen LogP contribution in [0.1, 0.15) is 12.8 Å². The summed E-state index contributed by atoms with van der Waals surface area (Å²) in [6.07, 6.45) is -2.51. The number of hydrogen-bond donors (Lipinski definition) is 3. The lowest BCUT2D eigenvalue weighted by Crippen LogP contribution is -2.33. The number of aliphatic carboxylic acids is 1. The molecule has 3 N–H and O–H groups in total. The molecule has 1 aromatic heterocycles. The van der Waals surface area contributed by atoms with E-state index in [-0.39, 0.29) is 34.7 Å².